The topological polar surface area (TPSA) is 56.7 Å². The first kappa shape index (κ1) is 35.5. The fourth-order valence-corrected chi connectivity index (χ4v) is 8.78. The minimum Gasteiger partial charge on any atom is -0.456 e. The summed E-state index contributed by atoms with van der Waals surface area (Å²) in [6, 6.07) is 76.2. The van der Waals surface area contributed by atoms with Gasteiger partial charge in [0.05, 0.1) is 11.0 Å². The molecular weight excluding hydrogens is 757 g/mol. The maximum Gasteiger partial charge on any atom is 0.164 e. The standard InChI is InChI=1S/C57H36N4O/c1-4-14-37(15-5-1)41-18-12-20-44(32-41)56-58-55(59-57(60-56)45-21-13-19-42(33-45)38-16-6-2-7-17-38)40-28-26-39(27-29-40)43-30-31-48-50-35-52-49(36-54(50)62-53(48)34-43)47-24-10-11-25-51(47)61(52)46-22-8-3-9-23-46/h1-36H. The van der Waals surface area contributed by atoms with E-state index in [1.54, 1.807) is 0 Å². The number of benzene rings is 9. The lowest BCUT2D eigenvalue weighted by atomic mass is 10.0. The first-order chi connectivity index (χ1) is 30.7. The van der Waals surface area contributed by atoms with Gasteiger partial charge in [-0.1, -0.05) is 164 Å². The van der Waals surface area contributed by atoms with Gasteiger partial charge < -0.3 is 8.98 Å². The Hall–Kier alpha value is -8.41. The van der Waals surface area contributed by atoms with Crippen molar-refractivity contribution in [2.45, 2.75) is 0 Å². The molecule has 0 spiro atoms. The lowest BCUT2D eigenvalue weighted by molar-refractivity contribution is 0.669. The highest BCUT2D eigenvalue weighted by molar-refractivity contribution is 6.17. The van der Waals surface area contributed by atoms with Gasteiger partial charge in [0.25, 0.3) is 0 Å². The summed E-state index contributed by atoms with van der Waals surface area (Å²) in [6.45, 7) is 0. The number of aromatic nitrogens is 4. The summed E-state index contributed by atoms with van der Waals surface area (Å²) in [5.74, 6) is 1.85. The number of nitrogens with zero attached hydrogens (tertiary/aromatic N) is 4. The van der Waals surface area contributed by atoms with E-state index in [-0.39, 0.29) is 0 Å². The molecule has 0 bridgehead atoms. The Morgan fingerprint density at radius 3 is 1.39 bits per heavy atom. The van der Waals surface area contributed by atoms with E-state index in [0.29, 0.717) is 17.5 Å². The quantitative estimate of drug-likeness (QED) is 0.161. The first-order valence-corrected chi connectivity index (χ1v) is 20.8. The lowest BCUT2D eigenvalue weighted by Crippen LogP contribution is -2.00. The zero-order chi connectivity index (χ0) is 41.0. The molecule has 290 valence electrons. The molecule has 0 atom stereocenters. The summed E-state index contributed by atoms with van der Waals surface area (Å²) in [7, 11) is 0. The normalized spacial score (nSPS) is 11.5. The van der Waals surface area contributed by atoms with E-state index in [4.69, 9.17) is 19.4 Å². The smallest absolute Gasteiger partial charge is 0.164 e. The second kappa shape index (κ2) is 14.7. The SMILES string of the molecule is c1ccc(-c2cccc(-c3nc(-c4ccc(-c5ccc6c(c5)oc5cc7c8ccccc8n(-c8ccccc8)c7cc56)cc4)nc(-c4cccc(-c5ccccc5)c4)n3)c2)cc1. The van der Waals surface area contributed by atoms with Crippen molar-refractivity contribution in [1.82, 2.24) is 19.5 Å². The molecule has 62 heavy (non-hydrogen) atoms. The van der Waals surface area contributed by atoms with Gasteiger partial charge in [-0.05, 0) is 88.0 Å². The van der Waals surface area contributed by atoms with Gasteiger partial charge in [0.2, 0.25) is 0 Å². The van der Waals surface area contributed by atoms with Crippen LogP contribution in [0.2, 0.25) is 0 Å². The van der Waals surface area contributed by atoms with Crippen LogP contribution in [0.15, 0.2) is 223 Å². The summed E-state index contributed by atoms with van der Waals surface area (Å²) >= 11 is 0. The summed E-state index contributed by atoms with van der Waals surface area (Å²) in [5.41, 5.74) is 14.6. The number of hydrogen-bond acceptors (Lipinski definition) is 4. The largest absolute Gasteiger partial charge is 0.456 e. The van der Waals surface area contributed by atoms with Crippen LogP contribution in [0.3, 0.4) is 0 Å². The van der Waals surface area contributed by atoms with Crippen LogP contribution in [0.5, 0.6) is 0 Å². The first-order valence-electron chi connectivity index (χ1n) is 20.8. The third kappa shape index (κ3) is 6.23. The van der Waals surface area contributed by atoms with Crippen molar-refractivity contribution in [3.63, 3.8) is 0 Å². The Morgan fingerprint density at radius 1 is 0.274 bits per heavy atom. The Labute approximate surface area is 357 Å². The highest BCUT2D eigenvalue weighted by Crippen LogP contribution is 2.40. The Balaban J connectivity index is 0.931. The van der Waals surface area contributed by atoms with Gasteiger partial charge in [-0.2, -0.15) is 0 Å². The summed E-state index contributed by atoms with van der Waals surface area (Å²) in [5, 5.41) is 4.56. The molecule has 0 unspecified atom stereocenters. The average molecular weight is 793 g/mol. The monoisotopic (exact) mass is 792 g/mol. The minimum atomic E-state index is 0.610. The molecule has 0 N–H and O–H groups in total. The maximum atomic E-state index is 6.63. The van der Waals surface area contributed by atoms with Crippen molar-refractivity contribution in [2.75, 3.05) is 0 Å². The van der Waals surface area contributed by atoms with Gasteiger partial charge in [-0.3, -0.25) is 0 Å². The van der Waals surface area contributed by atoms with Crippen molar-refractivity contribution in [3.05, 3.63) is 218 Å². The molecule has 12 rings (SSSR count). The molecule has 0 aliphatic carbocycles. The molecule has 0 amide bonds. The van der Waals surface area contributed by atoms with Crippen molar-refractivity contribution < 1.29 is 4.42 Å². The van der Waals surface area contributed by atoms with Crippen LogP contribution in [-0.2, 0) is 0 Å². The highest BCUT2D eigenvalue weighted by atomic mass is 16.3. The van der Waals surface area contributed by atoms with Crippen molar-refractivity contribution in [1.29, 1.82) is 0 Å². The predicted molar refractivity (Wildman–Crippen MR) is 254 cm³/mol. The van der Waals surface area contributed by atoms with E-state index in [2.05, 4.69) is 211 Å². The van der Waals surface area contributed by atoms with Crippen LogP contribution in [0.4, 0.5) is 0 Å². The van der Waals surface area contributed by atoms with E-state index in [9.17, 15) is 0 Å². The number of furan rings is 1. The van der Waals surface area contributed by atoms with Crippen LogP contribution >= 0.6 is 0 Å². The Morgan fingerprint density at radius 2 is 0.742 bits per heavy atom. The molecule has 0 aliphatic heterocycles. The second-order valence-electron chi connectivity index (χ2n) is 15.6. The van der Waals surface area contributed by atoms with Gasteiger partial charge >= 0.3 is 0 Å². The maximum absolute atomic E-state index is 6.63. The summed E-state index contributed by atoms with van der Waals surface area (Å²) in [4.78, 5) is 15.3. The predicted octanol–water partition coefficient (Wildman–Crippen LogP) is 14.9. The number of hydrogen-bond donors (Lipinski definition) is 0. The molecule has 0 aliphatic rings. The zero-order valence-electron chi connectivity index (χ0n) is 33.5. The fraction of sp³-hybridized carbons (Fsp3) is 0. The van der Waals surface area contributed by atoms with Crippen LogP contribution in [0.25, 0.3) is 117 Å². The van der Waals surface area contributed by atoms with E-state index in [1.165, 1.54) is 16.3 Å². The molecule has 9 aromatic carbocycles. The molecule has 5 nitrogen and oxygen atoms in total. The molecule has 0 fully saturated rings. The Kier molecular flexibility index (Phi) is 8.42. The fourth-order valence-electron chi connectivity index (χ4n) is 8.78. The number of fused-ring (bicyclic) bond motifs is 6. The number of para-hydroxylation sites is 2. The van der Waals surface area contributed by atoms with Crippen LogP contribution in [-0.4, -0.2) is 19.5 Å². The molecule has 3 heterocycles. The minimum absolute atomic E-state index is 0.610. The molecular formula is C57H36N4O. The van der Waals surface area contributed by atoms with Crippen LogP contribution < -0.4 is 0 Å². The van der Waals surface area contributed by atoms with Crippen LogP contribution in [0, 0.1) is 0 Å². The molecule has 0 radical (unpaired) electrons. The third-order valence-electron chi connectivity index (χ3n) is 11.8. The lowest BCUT2D eigenvalue weighted by Gasteiger charge is -2.11. The number of rotatable bonds is 7. The zero-order valence-corrected chi connectivity index (χ0v) is 33.5. The van der Waals surface area contributed by atoms with E-state index >= 15 is 0 Å². The molecule has 5 heteroatoms. The van der Waals surface area contributed by atoms with Gasteiger partial charge in [-0.25, -0.2) is 15.0 Å². The second-order valence-corrected chi connectivity index (χ2v) is 15.6. The summed E-state index contributed by atoms with van der Waals surface area (Å²) in [6.07, 6.45) is 0. The highest BCUT2D eigenvalue weighted by Gasteiger charge is 2.18. The molecule has 3 aromatic heterocycles. The van der Waals surface area contributed by atoms with E-state index < -0.39 is 0 Å². The van der Waals surface area contributed by atoms with Gasteiger partial charge in [0.1, 0.15) is 11.2 Å². The van der Waals surface area contributed by atoms with E-state index in [1.807, 2.05) is 12.1 Å². The molecule has 0 saturated carbocycles. The van der Waals surface area contributed by atoms with Crippen molar-refractivity contribution >= 4 is 43.7 Å². The average Bonchev–Trinajstić information content (AvgIpc) is 3.88. The molecule has 0 saturated heterocycles. The van der Waals surface area contributed by atoms with Crippen LogP contribution in [0.1, 0.15) is 0 Å². The van der Waals surface area contributed by atoms with Gasteiger partial charge in [-0.15, -0.1) is 0 Å². The van der Waals surface area contributed by atoms with Crippen molar-refractivity contribution in [3.8, 4) is 73.2 Å². The summed E-state index contributed by atoms with van der Waals surface area (Å²) < 4.78 is 8.98. The Bertz CT molecular complexity index is 3510. The van der Waals surface area contributed by atoms with Gasteiger partial charge in [0, 0.05) is 43.9 Å². The van der Waals surface area contributed by atoms with Crippen molar-refractivity contribution in [2.24, 2.45) is 0 Å². The van der Waals surface area contributed by atoms with E-state index in [0.717, 1.165) is 83.2 Å². The third-order valence-corrected chi connectivity index (χ3v) is 11.8. The van der Waals surface area contributed by atoms with Gasteiger partial charge in [0.15, 0.2) is 17.5 Å². The molecule has 12 aromatic rings.